The van der Waals surface area contributed by atoms with E-state index >= 15 is 0 Å². The van der Waals surface area contributed by atoms with Gasteiger partial charge in [-0.25, -0.2) is 13.1 Å². The predicted molar refractivity (Wildman–Crippen MR) is 67.4 cm³/mol. The minimum atomic E-state index is -4.16. The number of nitro groups is 1. The van der Waals surface area contributed by atoms with Crippen LogP contribution in [0.1, 0.15) is 5.89 Å². The maximum Gasteiger partial charge on any atom is 0.329 e. The van der Waals surface area contributed by atoms with Gasteiger partial charge in [0, 0.05) is 19.1 Å². The van der Waals surface area contributed by atoms with Crippen LogP contribution in [-0.4, -0.2) is 23.5 Å². The van der Waals surface area contributed by atoms with Gasteiger partial charge in [-0.05, 0) is 6.07 Å². The Morgan fingerprint density at radius 1 is 1.40 bits per heavy atom. The van der Waals surface area contributed by atoms with Crippen molar-refractivity contribution in [3.8, 4) is 0 Å². The molecule has 0 amide bonds. The third-order valence-corrected chi connectivity index (χ3v) is 3.62. The second-order valence-corrected chi connectivity index (χ2v) is 5.36. The number of nitrogen functional groups attached to an aromatic ring is 1. The van der Waals surface area contributed by atoms with E-state index in [1.165, 1.54) is 6.92 Å². The first-order chi connectivity index (χ1) is 9.29. The highest BCUT2D eigenvalue weighted by Gasteiger charge is 2.23. The minimum Gasteiger partial charge on any atom is -0.408 e. The van der Waals surface area contributed by atoms with E-state index in [0.29, 0.717) is 0 Å². The highest BCUT2D eigenvalue weighted by molar-refractivity contribution is 7.92. The Hall–Kier alpha value is -2.69. The fourth-order valence-corrected chi connectivity index (χ4v) is 2.45. The molecule has 1 aromatic heterocycles. The van der Waals surface area contributed by atoms with Crippen LogP contribution in [0, 0.1) is 17.0 Å². The molecule has 0 spiro atoms. The number of nitrogens with one attached hydrogen (secondary N) is 1. The lowest BCUT2D eigenvalue weighted by molar-refractivity contribution is -0.385. The van der Waals surface area contributed by atoms with Gasteiger partial charge in [0.05, 0.1) is 10.6 Å². The molecule has 106 valence electrons. The van der Waals surface area contributed by atoms with Gasteiger partial charge in [0.2, 0.25) is 5.89 Å². The van der Waals surface area contributed by atoms with E-state index in [1.807, 2.05) is 4.72 Å². The van der Waals surface area contributed by atoms with Crippen LogP contribution in [0.2, 0.25) is 0 Å². The van der Waals surface area contributed by atoms with Crippen molar-refractivity contribution < 1.29 is 17.8 Å². The van der Waals surface area contributed by atoms with Crippen LogP contribution in [0.4, 0.5) is 17.4 Å². The molecule has 0 bridgehead atoms. The SMILES string of the molecule is Cc1nnc(NS(=O)(=O)c2cc([N+](=O)[O-])ccc2N)o1. The van der Waals surface area contributed by atoms with E-state index in [9.17, 15) is 18.5 Å². The number of nitrogens with two attached hydrogens (primary N) is 1. The number of aromatic nitrogens is 2. The van der Waals surface area contributed by atoms with Gasteiger partial charge in [0.1, 0.15) is 4.90 Å². The molecule has 20 heavy (non-hydrogen) atoms. The monoisotopic (exact) mass is 299 g/mol. The third-order valence-electron chi connectivity index (χ3n) is 2.25. The van der Waals surface area contributed by atoms with E-state index in [4.69, 9.17) is 10.2 Å². The molecule has 0 aliphatic carbocycles. The summed E-state index contributed by atoms with van der Waals surface area (Å²) >= 11 is 0. The maximum atomic E-state index is 12.1. The van der Waals surface area contributed by atoms with Crippen LogP contribution in [0.5, 0.6) is 0 Å². The molecule has 0 saturated carbocycles. The Bertz CT molecular complexity index is 769. The van der Waals surface area contributed by atoms with Crippen LogP contribution in [0.15, 0.2) is 27.5 Å². The highest BCUT2D eigenvalue weighted by Crippen LogP contribution is 2.25. The van der Waals surface area contributed by atoms with Crippen molar-refractivity contribution in [2.45, 2.75) is 11.8 Å². The molecule has 0 aliphatic rings. The van der Waals surface area contributed by atoms with E-state index in [1.54, 1.807) is 0 Å². The molecule has 0 radical (unpaired) electrons. The molecule has 0 atom stereocenters. The quantitative estimate of drug-likeness (QED) is 0.474. The summed E-state index contributed by atoms with van der Waals surface area (Å²) in [5, 5.41) is 17.6. The highest BCUT2D eigenvalue weighted by atomic mass is 32.2. The lowest BCUT2D eigenvalue weighted by atomic mass is 10.3. The second-order valence-electron chi connectivity index (χ2n) is 3.71. The largest absolute Gasteiger partial charge is 0.408 e. The van der Waals surface area contributed by atoms with Crippen LogP contribution in [-0.2, 0) is 10.0 Å². The number of rotatable bonds is 4. The van der Waals surface area contributed by atoms with Crippen molar-refractivity contribution in [3.63, 3.8) is 0 Å². The molecule has 10 nitrogen and oxygen atoms in total. The number of non-ortho nitro benzene ring substituents is 1. The van der Waals surface area contributed by atoms with Crippen LogP contribution in [0.3, 0.4) is 0 Å². The average Bonchev–Trinajstić information content (AvgIpc) is 2.73. The van der Waals surface area contributed by atoms with Gasteiger partial charge in [-0.2, -0.15) is 0 Å². The van der Waals surface area contributed by atoms with Crippen molar-refractivity contribution >= 4 is 27.4 Å². The lowest BCUT2D eigenvalue weighted by Crippen LogP contribution is -2.15. The molecule has 2 rings (SSSR count). The van der Waals surface area contributed by atoms with Gasteiger partial charge in [-0.3, -0.25) is 10.1 Å². The zero-order valence-corrected chi connectivity index (χ0v) is 10.9. The average molecular weight is 299 g/mol. The smallest absolute Gasteiger partial charge is 0.329 e. The Kier molecular flexibility index (Phi) is 3.28. The van der Waals surface area contributed by atoms with E-state index in [2.05, 4.69) is 10.2 Å². The number of aryl methyl sites for hydroxylation is 1. The molecular weight excluding hydrogens is 290 g/mol. The van der Waals surface area contributed by atoms with Crippen molar-refractivity contribution in [1.82, 2.24) is 10.2 Å². The normalized spacial score (nSPS) is 11.2. The summed E-state index contributed by atoms with van der Waals surface area (Å²) in [7, 11) is -4.16. The minimum absolute atomic E-state index is 0.140. The van der Waals surface area contributed by atoms with Crippen molar-refractivity contribution in [2.75, 3.05) is 10.5 Å². The van der Waals surface area contributed by atoms with E-state index < -0.39 is 25.5 Å². The van der Waals surface area contributed by atoms with Gasteiger partial charge in [0.25, 0.3) is 15.7 Å². The Balaban J connectivity index is 2.43. The number of sulfonamides is 1. The van der Waals surface area contributed by atoms with E-state index in [0.717, 1.165) is 18.2 Å². The van der Waals surface area contributed by atoms with Crippen molar-refractivity contribution in [1.29, 1.82) is 0 Å². The molecule has 3 N–H and O–H groups in total. The standard InChI is InChI=1S/C9H9N5O5S/c1-5-11-12-9(19-5)13-20(17,18)8-4-6(14(15)16)2-3-7(8)10/h2-4H,10H2,1H3,(H,12,13). The zero-order valence-electron chi connectivity index (χ0n) is 10.1. The first kappa shape index (κ1) is 13.7. The molecule has 1 heterocycles. The molecule has 0 unspecified atom stereocenters. The summed E-state index contributed by atoms with van der Waals surface area (Å²) in [5.74, 6) is 0.162. The number of hydrogen-bond acceptors (Lipinski definition) is 8. The van der Waals surface area contributed by atoms with Gasteiger partial charge < -0.3 is 10.2 Å². The topological polar surface area (TPSA) is 154 Å². The van der Waals surface area contributed by atoms with Crippen LogP contribution < -0.4 is 10.5 Å². The molecule has 0 aliphatic heterocycles. The van der Waals surface area contributed by atoms with Gasteiger partial charge in [0.15, 0.2) is 0 Å². The number of nitrogens with zero attached hydrogens (tertiary/aromatic N) is 3. The summed E-state index contributed by atoms with van der Waals surface area (Å²) in [4.78, 5) is 9.49. The Morgan fingerprint density at radius 3 is 2.65 bits per heavy atom. The molecule has 11 heteroatoms. The number of benzene rings is 1. The predicted octanol–water partition coefficient (Wildman–Crippen LogP) is 0.669. The summed E-state index contributed by atoms with van der Waals surface area (Å²) < 4.78 is 31.0. The van der Waals surface area contributed by atoms with Crippen LogP contribution >= 0.6 is 0 Å². The summed E-state index contributed by atoms with van der Waals surface area (Å²) in [5.41, 5.74) is 4.99. The molecule has 1 aromatic carbocycles. The second kappa shape index (κ2) is 4.77. The van der Waals surface area contributed by atoms with Crippen molar-refractivity contribution in [2.24, 2.45) is 0 Å². The van der Waals surface area contributed by atoms with Crippen molar-refractivity contribution in [3.05, 3.63) is 34.2 Å². The fourth-order valence-electron chi connectivity index (χ4n) is 1.38. The molecule has 0 fully saturated rings. The van der Waals surface area contributed by atoms with E-state index in [-0.39, 0.29) is 17.6 Å². The summed E-state index contributed by atoms with van der Waals surface area (Å²) in [6, 6.07) is 2.73. The van der Waals surface area contributed by atoms with Gasteiger partial charge in [-0.1, -0.05) is 5.10 Å². The molecule has 2 aromatic rings. The van der Waals surface area contributed by atoms with Gasteiger partial charge >= 0.3 is 6.01 Å². The lowest BCUT2D eigenvalue weighted by Gasteiger charge is -2.06. The van der Waals surface area contributed by atoms with Gasteiger partial charge in [-0.15, -0.1) is 5.10 Å². The first-order valence-electron chi connectivity index (χ1n) is 5.16. The molecular formula is C9H9N5O5S. The van der Waals surface area contributed by atoms with Crippen LogP contribution in [0.25, 0.3) is 0 Å². The zero-order chi connectivity index (χ0) is 14.9. The third kappa shape index (κ3) is 2.66. The summed E-state index contributed by atoms with van der Waals surface area (Å²) in [6.45, 7) is 1.48. The maximum absolute atomic E-state index is 12.1. The molecule has 0 saturated heterocycles. The number of hydrogen-bond donors (Lipinski definition) is 2. The summed E-state index contributed by atoms with van der Waals surface area (Å²) in [6.07, 6.45) is 0. The first-order valence-corrected chi connectivity index (χ1v) is 6.65. The number of nitro benzene ring substituents is 1. The Morgan fingerprint density at radius 2 is 2.10 bits per heavy atom. The fraction of sp³-hybridized carbons (Fsp3) is 0.111. The Labute approximate surface area is 112 Å². The number of anilines is 2.